The molecule has 1 heterocycles. The van der Waals surface area contributed by atoms with Gasteiger partial charge < -0.3 is 5.11 Å². The molecule has 2 N–H and O–H groups in total. The van der Waals surface area contributed by atoms with Crippen molar-refractivity contribution in [2.75, 3.05) is 5.01 Å². The lowest BCUT2D eigenvalue weighted by atomic mass is 10.2. The number of rotatable bonds is 5. The van der Waals surface area contributed by atoms with E-state index in [1.165, 1.54) is 12.1 Å². The second-order valence-electron chi connectivity index (χ2n) is 5.36. The first-order valence-corrected chi connectivity index (χ1v) is 8.90. The van der Waals surface area contributed by atoms with Crippen LogP contribution >= 0.6 is 0 Å². The molecule has 0 aromatic heterocycles. The number of hydrogen-bond acceptors (Lipinski definition) is 7. The van der Waals surface area contributed by atoms with Crippen molar-refractivity contribution in [3.8, 4) is 0 Å². The van der Waals surface area contributed by atoms with Gasteiger partial charge in [0.2, 0.25) is 6.04 Å². The van der Waals surface area contributed by atoms with Crippen molar-refractivity contribution in [1.82, 2.24) is 0 Å². The highest BCUT2D eigenvalue weighted by Crippen LogP contribution is 2.25. The van der Waals surface area contributed by atoms with Crippen LogP contribution in [0.3, 0.4) is 0 Å². The summed E-state index contributed by atoms with van der Waals surface area (Å²) in [7, 11) is -4.40. The second kappa shape index (κ2) is 7.05. The molecule has 0 radical (unpaired) electrons. The molecule has 10 nitrogen and oxygen atoms in total. The highest BCUT2D eigenvalue weighted by Gasteiger charge is 2.41. The molecule has 0 aliphatic carbocycles. The van der Waals surface area contributed by atoms with E-state index in [1.807, 2.05) is 0 Å². The molecule has 1 atom stereocenters. The van der Waals surface area contributed by atoms with Crippen molar-refractivity contribution >= 4 is 39.1 Å². The molecule has 0 bridgehead atoms. The minimum atomic E-state index is -4.40. The Morgan fingerprint density at radius 1 is 1.07 bits per heavy atom. The van der Waals surface area contributed by atoms with Crippen LogP contribution in [0.5, 0.6) is 0 Å². The van der Waals surface area contributed by atoms with Crippen molar-refractivity contribution in [2.24, 2.45) is 15.3 Å². The Bertz CT molecular complexity index is 1050. The molecule has 1 unspecified atom stereocenters. The molecule has 138 valence electrons. The van der Waals surface area contributed by atoms with Gasteiger partial charge >= 0.3 is 5.97 Å². The first-order chi connectivity index (χ1) is 12.8. The quantitative estimate of drug-likeness (QED) is 0.590. The summed E-state index contributed by atoms with van der Waals surface area (Å²) in [5.41, 5.74) is 0.0353. The molecule has 27 heavy (non-hydrogen) atoms. The molecule has 11 heteroatoms. The van der Waals surface area contributed by atoms with Crippen molar-refractivity contribution in [3.05, 3.63) is 54.6 Å². The van der Waals surface area contributed by atoms with Crippen LogP contribution in [0.25, 0.3) is 0 Å². The summed E-state index contributed by atoms with van der Waals surface area (Å²) in [6, 6.07) is 11.5. The van der Waals surface area contributed by atoms with Crippen LogP contribution in [0.2, 0.25) is 0 Å². The number of carbonyl (C=O) groups excluding carboxylic acids is 1. The molecular formula is C16H12N4O6S. The van der Waals surface area contributed by atoms with Crippen LogP contribution in [-0.4, -0.2) is 41.7 Å². The molecule has 2 aromatic rings. The van der Waals surface area contributed by atoms with Gasteiger partial charge in [0.25, 0.3) is 16.0 Å². The number of hydrogen-bond donors (Lipinski definition) is 2. The first kappa shape index (κ1) is 18.4. The van der Waals surface area contributed by atoms with Gasteiger partial charge in [-0.3, -0.25) is 9.35 Å². The zero-order valence-corrected chi connectivity index (χ0v) is 14.3. The Hall–Kier alpha value is -3.44. The number of aliphatic carboxylic acids is 1. The maximum Gasteiger partial charge on any atom is 0.355 e. The highest BCUT2D eigenvalue weighted by molar-refractivity contribution is 7.85. The molecule has 0 saturated carbocycles. The standard InChI is InChI=1S/C16H12N4O6S/c21-15-13(18-17-10-4-2-1-3-5-10)14(16(22)23)19-20(15)11-6-8-12(9-7-11)27(24,25)26/h1-9,13H,(H,22,23)(H,24,25,26). The maximum absolute atomic E-state index is 12.6. The van der Waals surface area contributed by atoms with Crippen LogP contribution in [-0.2, 0) is 19.7 Å². The number of nitrogens with zero attached hydrogens (tertiary/aromatic N) is 4. The lowest BCUT2D eigenvalue weighted by Crippen LogP contribution is -2.33. The van der Waals surface area contributed by atoms with Gasteiger partial charge in [-0.1, -0.05) is 18.2 Å². The number of benzene rings is 2. The van der Waals surface area contributed by atoms with E-state index in [-0.39, 0.29) is 10.6 Å². The van der Waals surface area contributed by atoms with E-state index in [0.717, 1.165) is 17.1 Å². The number of carboxylic acid groups (broad SMARTS) is 1. The fourth-order valence-corrected chi connectivity index (χ4v) is 2.75. The molecule has 1 aliphatic rings. The molecule has 0 spiro atoms. The number of hydrazone groups is 1. The lowest BCUT2D eigenvalue weighted by molar-refractivity contribution is -0.130. The van der Waals surface area contributed by atoms with Crippen molar-refractivity contribution in [2.45, 2.75) is 10.9 Å². The van der Waals surface area contributed by atoms with E-state index < -0.39 is 33.7 Å². The third-order valence-electron chi connectivity index (χ3n) is 3.55. The summed E-state index contributed by atoms with van der Waals surface area (Å²) in [6.45, 7) is 0. The van der Waals surface area contributed by atoms with Crippen molar-refractivity contribution < 1.29 is 27.7 Å². The molecule has 3 rings (SSSR count). The summed E-state index contributed by atoms with van der Waals surface area (Å²) in [4.78, 5) is 23.6. The summed E-state index contributed by atoms with van der Waals surface area (Å²) >= 11 is 0. The topological polar surface area (TPSA) is 149 Å². The van der Waals surface area contributed by atoms with Crippen molar-refractivity contribution in [3.63, 3.8) is 0 Å². The maximum atomic E-state index is 12.6. The summed E-state index contributed by atoms with van der Waals surface area (Å²) < 4.78 is 31.2. The average molecular weight is 388 g/mol. The minimum absolute atomic E-state index is 0.114. The molecule has 1 amide bonds. The Labute approximate surface area is 153 Å². The van der Waals surface area contributed by atoms with Gasteiger partial charge in [-0.05, 0) is 36.4 Å². The largest absolute Gasteiger partial charge is 0.477 e. The lowest BCUT2D eigenvalue weighted by Gasteiger charge is -2.12. The Kier molecular flexibility index (Phi) is 4.79. The zero-order valence-electron chi connectivity index (χ0n) is 13.5. The van der Waals surface area contributed by atoms with Gasteiger partial charge in [-0.2, -0.15) is 28.8 Å². The normalized spacial score (nSPS) is 17.4. The van der Waals surface area contributed by atoms with Crippen LogP contribution in [0.4, 0.5) is 11.4 Å². The number of carboxylic acids is 1. The Balaban J connectivity index is 1.91. The summed E-state index contributed by atoms with van der Waals surface area (Å²) in [5, 5.41) is 21.5. The smallest absolute Gasteiger partial charge is 0.355 e. The van der Waals surface area contributed by atoms with Gasteiger partial charge in [0.15, 0.2) is 5.71 Å². The number of carbonyl (C=O) groups is 2. The van der Waals surface area contributed by atoms with Gasteiger partial charge in [0.1, 0.15) is 0 Å². The van der Waals surface area contributed by atoms with Gasteiger partial charge in [-0.25, -0.2) is 4.79 Å². The van der Waals surface area contributed by atoms with Gasteiger partial charge in [-0.15, -0.1) is 0 Å². The molecule has 1 aliphatic heterocycles. The number of azo groups is 1. The zero-order chi connectivity index (χ0) is 19.6. The van der Waals surface area contributed by atoms with E-state index in [1.54, 1.807) is 30.3 Å². The number of amides is 1. The third kappa shape index (κ3) is 3.88. The molecule has 2 aromatic carbocycles. The van der Waals surface area contributed by atoms with E-state index in [0.29, 0.717) is 5.69 Å². The fraction of sp³-hybridized carbons (Fsp3) is 0.0625. The van der Waals surface area contributed by atoms with Crippen molar-refractivity contribution in [1.29, 1.82) is 0 Å². The highest BCUT2D eigenvalue weighted by atomic mass is 32.2. The Morgan fingerprint density at radius 3 is 2.26 bits per heavy atom. The monoisotopic (exact) mass is 388 g/mol. The fourth-order valence-electron chi connectivity index (χ4n) is 2.27. The van der Waals surface area contributed by atoms with Gasteiger partial charge in [0, 0.05) is 0 Å². The molecule has 0 saturated heterocycles. The van der Waals surface area contributed by atoms with E-state index in [9.17, 15) is 23.1 Å². The van der Waals surface area contributed by atoms with Crippen LogP contribution in [0.15, 0.2) is 74.8 Å². The molecule has 0 fully saturated rings. The first-order valence-electron chi connectivity index (χ1n) is 7.46. The predicted molar refractivity (Wildman–Crippen MR) is 93.6 cm³/mol. The van der Waals surface area contributed by atoms with Crippen LogP contribution < -0.4 is 5.01 Å². The molecular weight excluding hydrogens is 376 g/mol. The second-order valence-corrected chi connectivity index (χ2v) is 6.78. The van der Waals surface area contributed by atoms with Crippen LogP contribution in [0.1, 0.15) is 0 Å². The summed E-state index contributed by atoms with van der Waals surface area (Å²) in [6.07, 6.45) is 0. The summed E-state index contributed by atoms with van der Waals surface area (Å²) in [5.74, 6) is -2.19. The van der Waals surface area contributed by atoms with Crippen LogP contribution in [0, 0.1) is 0 Å². The van der Waals surface area contributed by atoms with Gasteiger partial charge in [0.05, 0.1) is 16.3 Å². The Morgan fingerprint density at radius 2 is 1.70 bits per heavy atom. The third-order valence-corrected chi connectivity index (χ3v) is 4.42. The predicted octanol–water partition coefficient (Wildman–Crippen LogP) is 1.87. The SMILES string of the molecule is O=C(O)C1=NN(c2ccc(S(=O)(=O)O)cc2)C(=O)C1N=Nc1ccccc1. The van der Waals surface area contributed by atoms with E-state index >= 15 is 0 Å². The average Bonchev–Trinajstić information content (AvgIpc) is 2.97. The van der Waals surface area contributed by atoms with E-state index in [2.05, 4.69) is 15.3 Å². The number of anilines is 1. The van der Waals surface area contributed by atoms with E-state index in [4.69, 9.17) is 4.55 Å². The minimum Gasteiger partial charge on any atom is -0.477 e.